The minimum atomic E-state index is -0.911. The van der Waals surface area contributed by atoms with Crippen LogP contribution in [0.3, 0.4) is 0 Å². The highest BCUT2D eigenvalue weighted by molar-refractivity contribution is 4.72. The van der Waals surface area contributed by atoms with Gasteiger partial charge in [0.2, 0.25) is 0 Å². The van der Waals surface area contributed by atoms with Crippen LogP contribution in [0.4, 0.5) is 0 Å². The van der Waals surface area contributed by atoms with Crippen molar-refractivity contribution in [3.05, 3.63) is 0 Å². The van der Waals surface area contributed by atoms with Crippen molar-refractivity contribution in [3.8, 4) is 0 Å². The molecule has 1 saturated heterocycles. The molecule has 13 heavy (non-hydrogen) atoms. The molecule has 0 aromatic carbocycles. The molecule has 3 atom stereocenters. The summed E-state index contributed by atoms with van der Waals surface area (Å²) in [7, 11) is 1.40. The molecule has 0 saturated carbocycles. The second kappa shape index (κ2) is 4.85. The Morgan fingerprint density at radius 1 is 1.54 bits per heavy atom. The van der Waals surface area contributed by atoms with Crippen molar-refractivity contribution in [1.82, 2.24) is 5.06 Å². The molecular formula is C7H15NO5. The largest absolute Gasteiger partial charge is 0.394 e. The van der Waals surface area contributed by atoms with Crippen LogP contribution in [-0.4, -0.2) is 65.8 Å². The van der Waals surface area contributed by atoms with E-state index >= 15 is 0 Å². The SMILES string of the molecule is CO[C@H]1O[C@H](CO)CN(O)C[C@H]1O. The first kappa shape index (κ1) is 10.8. The van der Waals surface area contributed by atoms with E-state index in [0.29, 0.717) is 0 Å². The van der Waals surface area contributed by atoms with Gasteiger partial charge in [-0.2, -0.15) is 5.06 Å². The Morgan fingerprint density at radius 3 is 2.77 bits per heavy atom. The van der Waals surface area contributed by atoms with Gasteiger partial charge in [-0.3, -0.25) is 0 Å². The number of aliphatic hydroxyl groups excluding tert-OH is 2. The van der Waals surface area contributed by atoms with Crippen LogP contribution in [0.2, 0.25) is 0 Å². The van der Waals surface area contributed by atoms with Gasteiger partial charge in [-0.25, -0.2) is 0 Å². The summed E-state index contributed by atoms with van der Waals surface area (Å²) in [6, 6.07) is 0. The van der Waals surface area contributed by atoms with Crippen molar-refractivity contribution in [3.63, 3.8) is 0 Å². The van der Waals surface area contributed by atoms with Crippen molar-refractivity contribution in [2.75, 3.05) is 26.8 Å². The molecule has 3 N–H and O–H groups in total. The molecule has 0 radical (unpaired) electrons. The minimum absolute atomic E-state index is 0.0506. The van der Waals surface area contributed by atoms with Gasteiger partial charge < -0.3 is 24.9 Å². The maximum absolute atomic E-state index is 9.40. The van der Waals surface area contributed by atoms with Crippen LogP contribution in [0.5, 0.6) is 0 Å². The number of nitrogens with zero attached hydrogens (tertiary/aromatic N) is 1. The summed E-state index contributed by atoms with van der Waals surface area (Å²) in [5.41, 5.74) is 0. The van der Waals surface area contributed by atoms with Crippen molar-refractivity contribution in [1.29, 1.82) is 0 Å². The lowest BCUT2D eigenvalue weighted by atomic mass is 10.3. The molecule has 0 amide bonds. The first-order valence-electron chi connectivity index (χ1n) is 4.08. The molecule has 1 rings (SSSR count). The summed E-state index contributed by atoms with van der Waals surface area (Å²) in [5.74, 6) is 0. The summed E-state index contributed by atoms with van der Waals surface area (Å²) in [5, 5.41) is 28.3. The fourth-order valence-corrected chi connectivity index (χ4v) is 1.25. The molecule has 0 unspecified atom stereocenters. The molecule has 1 fully saturated rings. The van der Waals surface area contributed by atoms with E-state index in [2.05, 4.69) is 0 Å². The summed E-state index contributed by atoms with van der Waals surface area (Å²) < 4.78 is 10.0. The number of β-amino-alcohol motifs (C(OH)–C–C–N with tert-alkyl or cyclic N) is 1. The number of rotatable bonds is 2. The first-order chi connectivity index (χ1) is 6.17. The molecule has 6 nitrogen and oxygen atoms in total. The fraction of sp³-hybridized carbons (Fsp3) is 1.00. The number of hydrogen-bond acceptors (Lipinski definition) is 6. The zero-order chi connectivity index (χ0) is 9.84. The Kier molecular flexibility index (Phi) is 4.04. The molecule has 0 aromatic rings. The van der Waals surface area contributed by atoms with E-state index in [4.69, 9.17) is 14.6 Å². The summed E-state index contributed by atoms with van der Waals surface area (Å²) in [6.07, 6.45) is -2.24. The molecule has 1 aliphatic rings. The second-order valence-electron chi connectivity index (χ2n) is 2.98. The smallest absolute Gasteiger partial charge is 0.184 e. The highest BCUT2D eigenvalue weighted by Gasteiger charge is 2.30. The van der Waals surface area contributed by atoms with Gasteiger partial charge in [-0.1, -0.05) is 0 Å². The topological polar surface area (TPSA) is 82.4 Å². The molecule has 0 spiro atoms. The third-order valence-corrected chi connectivity index (χ3v) is 1.89. The predicted molar refractivity (Wildman–Crippen MR) is 42.1 cm³/mol. The number of ether oxygens (including phenoxy) is 2. The average molecular weight is 193 g/mol. The monoisotopic (exact) mass is 193 g/mol. The predicted octanol–water partition coefficient (Wildman–Crippen LogP) is -1.60. The Bertz CT molecular complexity index is 154. The summed E-state index contributed by atoms with van der Waals surface area (Å²) in [4.78, 5) is 0. The zero-order valence-electron chi connectivity index (χ0n) is 7.46. The minimum Gasteiger partial charge on any atom is -0.394 e. The van der Waals surface area contributed by atoms with Gasteiger partial charge >= 0.3 is 0 Å². The van der Waals surface area contributed by atoms with Gasteiger partial charge in [-0.15, -0.1) is 0 Å². The normalized spacial score (nSPS) is 37.4. The van der Waals surface area contributed by atoms with Gasteiger partial charge in [-0.05, 0) is 0 Å². The number of hydrogen-bond donors (Lipinski definition) is 3. The average Bonchev–Trinajstić information content (AvgIpc) is 2.23. The lowest BCUT2D eigenvalue weighted by Crippen LogP contribution is -2.36. The van der Waals surface area contributed by atoms with Gasteiger partial charge in [0.05, 0.1) is 25.8 Å². The standard InChI is InChI=1S/C7H15NO5/c1-12-7-6(10)3-8(11)2-5(4-9)13-7/h5-7,9-11H,2-4H2,1H3/t5-,6+,7-/m0/s1. The molecule has 0 bridgehead atoms. The van der Waals surface area contributed by atoms with Crippen molar-refractivity contribution >= 4 is 0 Å². The summed E-state index contributed by atoms with van der Waals surface area (Å²) in [6.45, 7) is -0.00787. The highest BCUT2D eigenvalue weighted by Crippen LogP contribution is 2.11. The van der Waals surface area contributed by atoms with Crippen LogP contribution in [-0.2, 0) is 9.47 Å². The summed E-state index contributed by atoms with van der Waals surface area (Å²) >= 11 is 0. The van der Waals surface area contributed by atoms with E-state index in [1.165, 1.54) is 7.11 Å². The molecule has 1 aliphatic heterocycles. The molecule has 1 heterocycles. The van der Waals surface area contributed by atoms with Crippen LogP contribution < -0.4 is 0 Å². The number of hydroxylamine groups is 2. The maximum Gasteiger partial charge on any atom is 0.184 e. The zero-order valence-corrected chi connectivity index (χ0v) is 7.46. The van der Waals surface area contributed by atoms with Gasteiger partial charge in [0.25, 0.3) is 0 Å². The van der Waals surface area contributed by atoms with Crippen LogP contribution in [0, 0.1) is 0 Å². The molecule has 78 valence electrons. The molecular weight excluding hydrogens is 178 g/mol. The Labute approximate surface area is 76.2 Å². The van der Waals surface area contributed by atoms with E-state index in [-0.39, 0.29) is 19.7 Å². The Hall–Kier alpha value is -0.240. The Balaban J connectivity index is 2.57. The van der Waals surface area contributed by atoms with Crippen LogP contribution in [0.1, 0.15) is 0 Å². The van der Waals surface area contributed by atoms with Crippen molar-refractivity contribution < 1.29 is 24.9 Å². The van der Waals surface area contributed by atoms with E-state index < -0.39 is 18.5 Å². The highest BCUT2D eigenvalue weighted by atomic mass is 16.7. The number of methoxy groups -OCH3 is 1. The second-order valence-corrected chi connectivity index (χ2v) is 2.98. The third-order valence-electron chi connectivity index (χ3n) is 1.89. The maximum atomic E-state index is 9.40. The lowest BCUT2D eigenvalue weighted by Gasteiger charge is -2.20. The van der Waals surface area contributed by atoms with Crippen LogP contribution in [0.25, 0.3) is 0 Å². The fourth-order valence-electron chi connectivity index (χ4n) is 1.25. The quantitative estimate of drug-likeness (QED) is 0.490. The number of aliphatic hydroxyl groups is 2. The third kappa shape index (κ3) is 2.87. The van der Waals surface area contributed by atoms with E-state index in [9.17, 15) is 10.3 Å². The van der Waals surface area contributed by atoms with E-state index in [1.807, 2.05) is 0 Å². The molecule has 6 heteroatoms. The van der Waals surface area contributed by atoms with Gasteiger partial charge in [0.1, 0.15) is 6.10 Å². The Morgan fingerprint density at radius 2 is 2.23 bits per heavy atom. The van der Waals surface area contributed by atoms with Crippen molar-refractivity contribution in [2.24, 2.45) is 0 Å². The van der Waals surface area contributed by atoms with Crippen LogP contribution >= 0.6 is 0 Å². The van der Waals surface area contributed by atoms with Crippen LogP contribution in [0.15, 0.2) is 0 Å². The van der Waals surface area contributed by atoms with E-state index in [1.54, 1.807) is 0 Å². The van der Waals surface area contributed by atoms with Gasteiger partial charge in [0, 0.05) is 7.11 Å². The van der Waals surface area contributed by atoms with Crippen molar-refractivity contribution in [2.45, 2.75) is 18.5 Å². The van der Waals surface area contributed by atoms with E-state index in [0.717, 1.165) is 5.06 Å². The lowest BCUT2D eigenvalue weighted by molar-refractivity contribution is -0.196. The molecule has 0 aliphatic carbocycles. The first-order valence-corrected chi connectivity index (χ1v) is 4.08. The molecule has 0 aromatic heterocycles. The van der Waals surface area contributed by atoms with Gasteiger partial charge in [0.15, 0.2) is 6.29 Å².